The second-order valence-electron chi connectivity index (χ2n) is 5.64. The van der Waals surface area contributed by atoms with Crippen molar-refractivity contribution in [3.05, 3.63) is 60.5 Å². The molecule has 0 atom stereocenters. The van der Waals surface area contributed by atoms with E-state index in [9.17, 15) is 4.39 Å². The first-order valence-corrected chi connectivity index (χ1v) is 8.52. The molecule has 1 heterocycles. The monoisotopic (exact) mass is 352 g/mol. The highest BCUT2D eigenvalue weighted by molar-refractivity contribution is 5.61. The number of rotatable bonds is 7. The van der Waals surface area contributed by atoms with Crippen molar-refractivity contribution < 1.29 is 4.39 Å². The van der Waals surface area contributed by atoms with Crippen LogP contribution in [0.3, 0.4) is 0 Å². The van der Waals surface area contributed by atoms with Crippen LogP contribution in [0.2, 0.25) is 0 Å². The lowest BCUT2D eigenvalue weighted by atomic mass is 10.2. The highest BCUT2D eigenvalue weighted by Gasteiger charge is 2.04. The average molecular weight is 352 g/mol. The van der Waals surface area contributed by atoms with Crippen LogP contribution in [-0.2, 0) is 0 Å². The molecule has 0 aliphatic carbocycles. The van der Waals surface area contributed by atoms with Crippen molar-refractivity contribution in [1.82, 2.24) is 15.2 Å². The number of aromatic nitrogens is 3. The molecule has 6 nitrogen and oxygen atoms in total. The van der Waals surface area contributed by atoms with Gasteiger partial charge in [0.2, 0.25) is 5.95 Å². The van der Waals surface area contributed by atoms with E-state index in [1.165, 1.54) is 24.0 Å². The summed E-state index contributed by atoms with van der Waals surface area (Å²) < 4.78 is 13.0. The minimum absolute atomic E-state index is 0.285. The van der Waals surface area contributed by atoms with Crippen LogP contribution in [0.25, 0.3) is 0 Å². The van der Waals surface area contributed by atoms with Gasteiger partial charge in [-0.15, -0.1) is 5.10 Å². The van der Waals surface area contributed by atoms with Crippen molar-refractivity contribution in [3.63, 3.8) is 0 Å². The predicted octanol–water partition coefficient (Wildman–Crippen LogP) is 4.34. The number of hydrogen-bond donors (Lipinski definition) is 2. The molecule has 0 aliphatic rings. The minimum Gasteiger partial charge on any atom is -0.372 e. The molecule has 3 aromatic rings. The zero-order valence-electron chi connectivity index (χ0n) is 14.8. The van der Waals surface area contributed by atoms with Crippen molar-refractivity contribution in [2.45, 2.75) is 13.8 Å². The first kappa shape index (κ1) is 17.6. The first-order valence-electron chi connectivity index (χ1n) is 8.52. The maximum Gasteiger partial charge on any atom is 0.249 e. The van der Waals surface area contributed by atoms with Gasteiger partial charge in [-0.1, -0.05) is 0 Å². The summed E-state index contributed by atoms with van der Waals surface area (Å²) in [5.41, 5.74) is 2.77. The Morgan fingerprint density at radius 3 is 2.15 bits per heavy atom. The maximum atomic E-state index is 13.0. The topological polar surface area (TPSA) is 66.0 Å². The fourth-order valence-electron chi connectivity index (χ4n) is 2.57. The van der Waals surface area contributed by atoms with Crippen molar-refractivity contribution in [3.8, 4) is 0 Å². The molecule has 2 N–H and O–H groups in total. The standard InChI is InChI=1S/C19H21FN6/c1-3-26(4-2)17-11-9-16(10-12-17)23-19-24-18(13-21-25-19)22-15-7-5-14(20)6-8-15/h5-13H,3-4H2,1-2H3,(H2,22,23,24,25). The third-order valence-electron chi connectivity index (χ3n) is 3.93. The van der Waals surface area contributed by atoms with E-state index in [4.69, 9.17) is 0 Å². The molecule has 0 saturated heterocycles. The molecule has 0 radical (unpaired) electrons. The molecule has 0 amide bonds. The Hall–Kier alpha value is -3.22. The van der Waals surface area contributed by atoms with Gasteiger partial charge < -0.3 is 15.5 Å². The molecular weight excluding hydrogens is 331 g/mol. The minimum atomic E-state index is -0.285. The molecule has 134 valence electrons. The quantitative estimate of drug-likeness (QED) is 0.659. The molecule has 0 fully saturated rings. The smallest absolute Gasteiger partial charge is 0.249 e. The molecule has 0 saturated carbocycles. The van der Waals surface area contributed by atoms with E-state index >= 15 is 0 Å². The zero-order valence-corrected chi connectivity index (χ0v) is 14.8. The summed E-state index contributed by atoms with van der Waals surface area (Å²) in [5, 5.41) is 14.2. The summed E-state index contributed by atoms with van der Waals surface area (Å²) in [4.78, 5) is 6.65. The molecule has 0 aliphatic heterocycles. The second kappa shape index (κ2) is 8.24. The van der Waals surface area contributed by atoms with E-state index < -0.39 is 0 Å². The van der Waals surface area contributed by atoms with Gasteiger partial charge in [-0.3, -0.25) is 0 Å². The lowest BCUT2D eigenvalue weighted by Gasteiger charge is -2.21. The number of nitrogens with zero attached hydrogens (tertiary/aromatic N) is 4. The Labute approximate surface area is 152 Å². The van der Waals surface area contributed by atoms with Gasteiger partial charge in [0.25, 0.3) is 0 Å². The van der Waals surface area contributed by atoms with Crippen LogP contribution in [0.4, 0.5) is 33.2 Å². The molecule has 1 aromatic heterocycles. The van der Waals surface area contributed by atoms with Crippen molar-refractivity contribution >= 4 is 28.8 Å². The number of halogens is 1. The average Bonchev–Trinajstić information content (AvgIpc) is 2.66. The summed E-state index contributed by atoms with van der Waals surface area (Å²) in [7, 11) is 0. The summed E-state index contributed by atoms with van der Waals surface area (Å²) in [6.07, 6.45) is 1.51. The van der Waals surface area contributed by atoms with Gasteiger partial charge in [0.15, 0.2) is 5.82 Å². The van der Waals surface area contributed by atoms with Crippen LogP contribution >= 0.6 is 0 Å². The Morgan fingerprint density at radius 1 is 0.885 bits per heavy atom. The molecule has 0 unspecified atom stereocenters. The molecule has 0 bridgehead atoms. The highest BCUT2D eigenvalue weighted by Crippen LogP contribution is 2.20. The number of anilines is 5. The molecule has 26 heavy (non-hydrogen) atoms. The van der Waals surface area contributed by atoms with Crippen molar-refractivity contribution in [2.24, 2.45) is 0 Å². The maximum absolute atomic E-state index is 13.0. The van der Waals surface area contributed by atoms with Gasteiger partial charge in [0.05, 0.1) is 6.20 Å². The van der Waals surface area contributed by atoms with Gasteiger partial charge in [-0.05, 0) is 62.4 Å². The second-order valence-corrected chi connectivity index (χ2v) is 5.64. The Kier molecular flexibility index (Phi) is 5.58. The lowest BCUT2D eigenvalue weighted by molar-refractivity contribution is 0.628. The van der Waals surface area contributed by atoms with Crippen LogP contribution in [0.1, 0.15) is 13.8 Å². The molecule has 3 rings (SSSR count). The van der Waals surface area contributed by atoms with E-state index in [2.05, 4.69) is 56.7 Å². The normalized spacial score (nSPS) is 10.4. The Bertz CT molecular complexity index is 831. The Morgan fingerprint density at radius 2 is 1.50 bits per heavy atom. The first-order chi connectivity index (χ1) is 12.7. The SMILES string of the molecule is CCN(CC)c1ccc(Nc2nncc(Nc3ccc(F)cc3)n2)cc1. The van der Waals surface area contributed by atoms with Crippen LogP contribution in [-0.4, -0.2) is 28.3 Å². The number of benzene rings is 2. The fraction of sp³-hybridized carbons (Fsp3) is 0.211. The Balaban J connectivity index is 1.69. The van der Waals surface area contributed by atoms with Crippen molar-refractivity contribution in [1.29, 1.82) is 0 Å². The third-order valence-corrected chi connectivity index (χ3v) is 3.93. The van der Waals surface area contributed by atoms with E-state index in [1.807, 2.05) is 12.1 Å². The predicted molar refractivity (Wildman–Crippen MR) is 103 cm³/mol. The van der Waals surface area contributed by atoms with Crippen molar-refractivity contribution in [2.75, 3.05) is 28.6 Å². The van der Waals surface area contributed by atoms with E-state index in [-0.39, 0.29) is 5.82 Å². The molecular formula is C19H21FN6. The zero-order chi connectivity index (χ0) is 18.4. The van der Waals surface area contributed by atoms with Gasteiger partial charge in [-0.2, -0.15) is 10.1 Å². The fourth-order valence-corrected chi connectivity index (χ4v) is 2.57. The summed E-state index contributed by atoms with van der Waals surface area (Å²) in [6.45, 7) is 6.20. The van der Waals surface area contributed by atoms with E-state index in [1.54, 1.807) is 12.1 Å². The van der Waals surface area contributed by atoms with E-state index in [0.29, 0.717) is 11.8 Å². The highest BCUT2D eigenvalue weighted by atomic mass is 19.1. The molecule has 2 aromatic carbocycles. The van der Waals surface area contributed by atoms with Gasteiger partial charge >= 0.3 is 0 Å². The largest absolute Gasteiger partial charge is 0.372 e. The molecule has 0 spiro atoms. The summed E-state index contributed by atoms with van der Waals surface area (Å²) in [6, 6.07) is 14.1. The summed E-state index contributed by atoms with van der Waals surface area (Å²) >= 11 is 0. The van der Waals surface area contributed by atoms with Crippen LogP contribution in [0.15, 0.2) is 54.7 Å². The summed E-state index contributed by atoms with van der Waals surface area (Å²) in [5.74, 6) is 0.619. The number of hydrogen-bond acceptors (Lipinski definition) is 6. The van der Waals surface area contributed by atoms with Crippen LogP contribution in [0.5, 0.6) is 0 Å². The third kappa shape index (κ3) is 4.44. The van der Waals surface area contributed by atoms with Gasteiger partial charge in [0, 0.05) is 30.2 Å². The van der Waals surface area contributed by atoms with Gasteiger partial charge in [0.1, 0.15) is 5.82 Å². The lowest BCUT2D eigenvalue weighted by Crippen LogP contribution is -2.21. The van der Waals surface area contributed by atoms with Crippen LogP contribution < -0.4 is 15.5 Å². The van der Waals surface area contributed by atoms with E-state index in [0.717, 1.165) is 24.5 Å². The number of nitrogens with one attached hydrogen (secondary N) is 2. The molecule has 7 heteroatoms. The van der Waals surface area contributed by atoms with Crippen LogP contribution in [0, 0.1) is 5.82 Å². The van der Waals surface area contributed by atoms with Gasteiger partial charge in [-0.25, -0.2) is 4.39 Å².